The third-order valence-corrected chi connectivity index (χ3v) is 4.69. The average molecular weight is 476 g/mol. The zero-order valence-corrected chi connectivity index (χ0v) is 17.0. The molecule has 0 bridgehead atoms. The van der Waals surface area contributed by atoms with Crippen LogP contribution in [0.1, 0.15) is 12.5 Å². The van der Waals surface area contributed by atoms with Crippen molar-refractivity contribution in [1.29, 1.82) is 0 Å². The lowest BCUT2D eigenvalue weighted by atomic mass is 10.1. The molecule has 1 heterocycles. The van der Waals surface area contributed by atoms with Crippen molar-refractivity contribution < 1.29 is 29.2 Å². The summed E-state index contributed by atoms with van der Waals surface area (Å²) < 4.78 is 5.61. The van der Waals surface area contributed by atoms with Gasteiger partial charge < -0.3 is 9.84 Å². The number of hydrogen-bond donors (Lipinski definition) is 2. The Hall–Kier alpha value is -3.73. The van der Waals surface area contributed by atoms with Gasteiger partial charge in [0.15, 0.2) is 11.5 Å². The lowest BCUT2D eigenvalue weighted by Crippen LogP contribution is -2.54. The van der Waals surface area contributed by atoms with Crippen molar-refractivity contribution in [2.24, 2.45) is 0 Å². The van der Waals surface area contributed by atoms with Crippen molar-refractivity contribution in [3.05, 3.63) is 62.1 Å². The number of ether oxygens (including phenoxy) is 1. The number of anilines is 1. The standard InChI is InChI=1S/C19H14BrN3O7/c1-2-30-15-9-10(8-14(20)16(15)24)7-13-17(25)21-19(27)22(18(13)26)11-3-5-12(6-4-11)23(28)29/h3-9,24H,2H2,1H3,(H,21,25,27)/b13-7-. The van der Waals surface area contributed by atoms with E-state index in [1.165, 1.54) is 30.3 Å². The number of nitrogens with one attached hydrogen (secondary N) is 1. The first-order valence-electron chi connectivity index (χ1n) is 8.54. The van der Waals surface area contributed by atoms with Gasteiger partial charge in [-0.1, -0.05) is 0 Å². The highest BCUT2D eigenvalue weighted by atomic mass is 79.9. The minimum atomic E-state index is -0.974. The van der Waals surface area contributed by atoms with Crippen molar-refractivity contribution in [3.8, 4) is 11.5 Å². The van der Waals surface area contributed by atoms with E-state index in [0.29, 0.717) is 10.5 Å². The van der Waals surface area contributed by atoms with Gasteiger partial charge in [0, 0.05) is 12.1 Å². The number of carbonyl (C=O) groups excluding carboxylic acids is 3. The average Bonchev–Trinajstić information content (AvgIpc) is 2.69. The van der Waals surface area contributed by atoms with Crippen molar-refractivity contribution in [1.82, 2.24) is 5.32 Å². The number of imide groups is 2. The van der Waals surface area contributed by atoms with E-state index in [-0.39, 0.29) is 39.5 Å². The van der Waals surface area contributed by atoms with Gasteiger partial charge in [-0.3, -0.25) is 25.0 Å². The molecule has 2 aromatic rings. The Morgan fingerprint density at radius 1 is 1.23 bits per heavy atom. The molecule has 10 nitrogen and oxygen atoms in total. The van der Waals surface area contributed by atoms with Gasteiger partial charge in [-0.25, -0.2) is 9.69 Å². The Bertz CT molecular complexity index is 1100. The Labute approximate surface area is 178 Å². The second-order valence-electron chi connectivity index (χ2n) is 6.01. The fourth-order valence-corrected chi connectivity index (χ4v) is 3.18. The van der Waals surface area contributed by atoms with Crippen LogP contribution < -0.4 is 15.0 Å². The number of nitro groups is 1. The van der Waals surface area contributed by atoms with Gasteiger partial charge in [0.2, 0.25) is 0 Å². The predicted molar refractivity (Wildman–Crippen MR) is 109 cm³/mol. The smallest absolute Gasteiger partial charge is 0.335 e. The first kappa shape index (κ1) is 21.0. The number of carbonyl (C=O) groups is 3. The third kappa shape index (κ3) is 4.01. The van der Waals surface area contributed by atoms with E-state index >= 15 is 0 Å². The van der Waals surface area contributed by atoms with Gasteiger partial charge in [-0.2, -0.15) is 0 Å². The molecule has 1 saturated heterocycles. The Morgan fingerprint density at radius 3 is 2.50 bits per heavy atom. The van der Waals surface area contributed by atoms with E-state index in [2.05, 4.69) is 21.2 Å². The number of hydrogen-bond acceptors (Lipinski definition) is 7. The zero-order chi connectivity index (χ0) is 22.0. The van der Waals surface area contributed by atoms with Crippen LogP contribution in [0.3, 0.4) is 0 Å². The number of amides is 4. The van der Waals surface area contributed by atoms with Crippen LogP contribution in [0, 0.1) is 10.1 Å². The molecular weight excluding hydrogens is 462 g/mol. The van der Waals surface area contributed by atoms with Crippen LogP contribution in [0.2, 0.25) is 0 Å². The molecule has 0 unspecified atom stereocenters. The SMILES string of the molecule is CCOc1cc(/C=C2/C(=O)NC(=O)N(c3ccc([N+](=O)[O-])cc3)C2=O)cc(Br)c1O. The quantitative estimate of drug-likeness (QED) is 0.293. The maximum Gasteiger partial charge on any atom is 0.335 e. The second-order valence-corrected chi connectivity index (χ2v) is 6.87. The molecular formula is C19H14BrN3O7. The van der Waals surface area contributed by atoms with Gasteiger partial charge >= 0.3 is 6.03 Å². The van der Waals surface area contributed by atoms with Crippen LogP contribution >= 0.6 is 15.9 Å². The molecule has 1 aliphatic heterocycles. The molecule has 0 aliphatic carbocycles. The van der Waals surface area contributed by atoms with E-state index in [1.54, 1.807) is 6.92 Å². The maximum absolute atomic E-state index is 12.9. The molecule has 0 saturated carbocycles. The lowest BCUT2D eigenvalue weighted by molar-refractivity contribution is -0.384. The maximum atomic E-state index is 12.9. The van der Waals surface area contributed by atoms with Crippen molar-refractivity contribution >= 4 is 51.2 Å². The van der Waals surface area contributed by atoms with E-state index in [4.69, 9.17) is 4.74 Å². The van der Waals surface area contributed by atoms with Gasteiger partial charge in [0.1, 0.15) is 5.57 Å². The van der Waals surface area contributed by atoms with Gasteiger partial charge in [0.25, 0.3) is 17.5 Å². The summed E-state index contributed by atoms with van der Waals surface area (Å²) in [5.74, 6) is -1.79. The first-order chi connectivity index (χ1) is 14.2. The topological polar surface area (TPSA) is 139 Å². The molecule has 2 aromatic carbocycles. The largest absolute Gasteiger partial charge is 0.503 e. The number of rotatable bonds is 5. The first-order valence-corrected chi connectivity index (χ1v) is 9.33. The highest BCUT2D eigenvalue weighted by molar-refractivity contribution is 9.10. The Balaban J connectivity index is 2.01. The van der Waals surface area contributed by atoms with Crippen LogP contribution in [-0.4, -0.2) is 34.5 Å². The molecule has 0 radical (unpaired) electrons. The van der Waals surface area contributed by atoms with Crippen molar-refractivity contribution in [2.45, 2.75) is 6.92 Å². The molecule has 2 N–H and O–H groups in total. The van der Waals surface area contributed by atoms with Crippen LogP contribution in [0.25, 0.3) is 6.08 Å². The molecule has 1 aliphatic rings. The van der Waals surface area contributed by atoms with Crippen LogP contribution in [0.15, 0.2) is 46.4 Å². The van der Waals surface area contributed by atoms with Crippen molar-refractivity contribution in [3.63, 3.8) is 0 Å². The third-order valence-electron chi connectivity index (χ3n) is 4.08. The van der Waals surface area contributed by atoms with Crippen LogP contribution in [0.4, 0.5) is 16.2 Å². The van der Waals surface area contributed by atoms with Gasteiger partial charge in [0.05, 0.1) is 21.7 Å². The molecule has 0 atom stereocenters. The highest BCUT2D eigenvalue weighted by Crippen LogP contribution is 2.36. The number of benzene rings is 2. The molecule has 0 spiro atoms. The molecule has 3 rings (SSSR count). The summed E-state index contributed by atoms with van der Waals surface area (Å²) in [6.07, 6.45) is 1.25. The number of nitrogens with zero attached hydrogens (tertiary/aromatic N) is 2. The highest BCUT2D eigenvalue weighted by Gasteiger charge is 2.37. The summed E-state index contributed by atoms with van der Waals surface area (Å²) in [6, 6.07) is 6.67. The number of aromatic hydroxyl groups is 1. The second kappa shape index (κ2) is 8.33. The fourth-order valence-electron chi connectivity index (χ4n) is 2.72. The molecule has 154 valence electrons. The predicted octanol–water partition coefficient (Wildman–Crippen LogP) is 3.13. The minimum Gasteiger partial charge on any atom is -0.503 e. The lowest BCUT2D eigenvalue weighted by Gasteiger charge is -2.26. The molecule has 0 aromatic heterocycles. The van der Waals surface area contributed by atoms with Crippen LogP contribution in [-0.2, 0) is 9.59 Å². The molecule has 11 heteroatoms. The summed E-state index contributed by atoms with van der Waals surface area (Å²) in [5.41, 5.74) is -0.135. The Kier molecular flexibility index (Phi) is 5.83. The number of urea groups is 1. The molecule has 30 heavy (non-hydrogen) atoms. The van der Waals surface area contributed by atoms with E-state index < -0.39 is 22.8 Å². The summed E-state index contributed by atoms with van der Waals surface area (Å²) in [7, 11) is 0. The Morgan fingerprint density at radius 2 is 1.90 bits per heavy atom. The monoisotopic (exact) mass is 475 g/mol. The van der Waals surface area contributed by atoms with Crippen molar-refractivity contribution in [2.75, 3.05) is 11.5 Å². The zero-order valence-electron chi connectivity index (χ0n) is 15.4. The van der Waals surface area contributed by atoms with Crippen LogP contribution in [0.5, 0.6) is 11.5 Å². The number of phenols is 1. The number of phenolic OH excluding ortho intramolecular Hbond substituents is 1. The summed E-state index contributed by atoms with van der Waals surface area (Å²) in [5, 5.41) is 22.9. The van der Waals surface area contributed by atoms with Gasteiger partial charge in [-0.05, 0) is 58.8 Å². The normalized spacial score (nSPS) is 15.3. The summed E-state index contributed by atoms with van der Waals surface area (Å²) >= 11 is 3.17. The fraction of sp³-hybridized carbons (Fsp3) is 0.105. The number of barbiturate groups is 1. The molecule has 1 fully saturated rings. The van der Waals surface area contributed by atoms with Gasteiger partial charge in [-0.15, -0.1) is 0 Å². The number of nitro benzene ring substituents is 1. The van der Waals surface area contributed by atoms with E-state index in [1.807, 2.05) is 0 Å². The van der Waals surface area contributed by atoms with E-state index in [0.717, 1.165) is 12.1 Å². The molecule has 4 amide bonds. The summed E-state index contributed by atoms with van der Waals surface area (Å²) in [6.45, 7) is 2.01. The number of halogens is 1. The minimum absolute atomic E-state index is 0.0587. The number of non-ortho nitro benzene ring substituents is 1. The summed E-state index contributed by atoms with van der Waals surface area (Å²) in [4.78, 5) is 48.3. The van der Waals surface area contributed by atoms with E-state index in [9.17, 15) is 29.6 Å².